The first-order valence-corrected chi connectivity index (χ1v) is 13.0. The minimum atomic E-state index is 0.936. The summed E-state index contributed by atoms with van der Waals surface area (Å²) < 4.78 is 8.87. The number of benzene rings is 6. The molecule has 0 atom stereocenters. The molecular formula is C36H21NO. The molecule has 0 fully saturated rings. The molecule has 0 spiro atoms. The lowest BCUT2D eigenvalue weighted by Gasteiger charge is -2.09. The van der Waals surface area contributed by atoms with E-state index in [0.717, 1.165) is 22.6 Å². The number of hydrogen-bond donors (Lipinski definition) is 0. The van der Waals surface area contributed by atoms with Crippen LogP contribution in [0.4, 0.5) is 0 Å². The average Bonchev–Trinajstić information content (AvgIpc) is 3.62. The van der Waals surface area contributed by atoms with E-state index >= 15 is 0 Å². The third kappa shape index (κ3) is 2.56. The third-order valence-electron chi connectivity index (χ3n) is 8.15. The molecule has 0 aliphatic heterocycles. The fourth-order valence-electron chi connectivity index (χ4n) is 6.48. The molecule has 2 heterocycles. The lowest BCUT2D eigenvalue weighted by atomic mass is 9.99. The van der Waals surface area contributed by atoms with Crippen molar-refractivity contribution in [2.75, 3.05) is 0 Å². The van der Waals surface area contributed by atoms with E-state index in [4.69, 9.17) is 4.42 Å². The number of hydrogen-bond acceptors (Lipinski definition) is 1. The van der Waals surface area contributed by atoms with Gasteiger partial charge in [-0.2, -0.15) is 0 Å². The van der Waals surface area contributed by atoms with Crippen LogP contribution >= 0.6 is 0 Å². The van der Waals surface area contributed by atoms with Crippen LogP contribution in [0.3, 0.4) is 0 Å². The van der Waals surface area contributed by atoms with Crippen LogP contribution in [0.25, 0.3) is 82.8 Å². The topological polar surface area (TPSA) is 18.1 Å². The number of furan rings is 1. The van der Waals surface area contributed by atoms with Crippen molar-refractivity contribution in [1.82, 2.24) is 4.57 Å². The summed E-state index contributed by atoms with van der Waals surface area (Å²) in [6.45, 7) is 0. The maximum atomic E-state index is 6.52. The fourth-order valence-corrected chi connectivity index (χ4v) is 6.48. The lowest BCUT2D eigenvalue weighted by Crippen LogP contribution is -1.93. The summed E-state index contributed by atoms with van der Waals surface area (Å²) >= 11 is 0. The molecule has 8 aromatic rings. The maximum absolute atomic E-state index is 6.52. The van der Waals surface area contributed by atoms with Crippen LogP contribution in [-0.4, -0.2) is 4.57 Å². The summed E-state index contributed by atoms with van der Waals surface area (Å²) in [4.78, 5) is 0. The Hall–Kier alpha value is -5.08. The second-order valence-electron chi connectivity index (χ2n) is 10.1. The molecular weight excluding hydrogens is 462 g/mol. The Morgan fingerprint density at radius 2 is 1.16 bits per heavy atom. The first-order chi connectivity index (χ1) is 18.8. The minimum Gasteiger partial charge on any atom is -0.455 e. The van der Waals surface area contributed by atoms with Gasteiger partial charge in [0.15, 0.2) is 0 Å². The standard InChI is InChI=1S/C36H21NO/c1-3-13-31-26(9-1)27-10-2-4-14-32(27)37(31)25-18-15-22(16-19-25)24-17-20-28-33(21-24)38-36-30-12-6-8-23-7-5-11-29(34(23)30)35(28)36/h1-21H. The Kier molecular flexibility index (Phi) is 3.82. The highest BCUT2D eigenvalue weighted by atomic mass is 16.3. The van der Waals surface area contributed by atoms with E-state index in [1.54, 1.807) is 0 Å². The smallest absolute Gasteiger partial charge is 0.143 e. The normalized spacial score (nSPS) is 12.2. The summed E-state index contributed by atoms with van der Waals surface area (Å²) in [6.07, 6.45) is 0. The van der Waals surface area contributed by atoms with Crippen molar-refractivity contribution < 1.29 is 4.42 Å². The van der Waals surface area contributed by atoms with E-state index in [0.29, 0.717) is 0 Å². The molecule has 38 heavy (non-hydrogen) atoms. The van der Waals surface area contributed by atoms with Crippen LogP contribution in [0.15, 0.2) is 132 Å². The molecule has 0 radical (unpaired) electrons. The van der Waals surface area contributed by atoms with Gasteiger partial charge < -0.3 is 8.98 Å². The maximum Gasteiger partial charge on any atom is 0.143 e. The number of para-hydroxylation sites is 2. The second-order valence-corrected chi connectivity index (χ2v) is 10.1. The molecule has 0 unspecified atom stereocenters. The quantitative estimate of drug-likeness (QED) is 0.239. The van der Waals surface area contributed by atoms with Crippen LogP contribution in [0.5, 0.6) is 0 Å². The Morgan fingerprint density at radius 3 is 1.89 bits per heavy atom. The highest BCUT2D eigenvalue weighted by Crippen LogP contribution is 2.52. The summed E-state index contributed by atoms with van der Waals surface area (Å²) in [6, 6.07) is 45.8. The molecule has 0 N–H and O–H groups in total. The van der Waals surface area contributed by atoms with E-state index in [1.807, 2.05) is 0 Å². The summed E-state index contributed by atoms with van der Waals surface area (Å²) in [5, 5.41) is 6.30. The van der Waals surface area contributed by atoms with Gasteiger partial charge in [0.25, 0.3) is 0 Å². The predicted octanol–water partition coefficient (Wildman–Crippen LogP) is 10.00. The van der Waals surface area contributed by atoms with Gasteiger partial charge >= 0.3 is 0 Å². The summed E-state index contributed by atoms with van der Waals surface area (Å²) in [5.74, 6) is 0.991. The minimum absolute atomic E-state index is 0.936. The average molecular weight is 484 g/mol. The Bertz CT molecular complexity index is 2170. The lowest BCUT2D eigenvalue weighted by molar-refractivity contribution is 0.634. The van der Waals surface area contributed by atoms with Crippen molar-refractivity contribution in [3.05, 3.63) is 127 Å². The predicted molar refractivity (Wildman–Crippen MR) is 158 cm³/mol. The van der Waals surface area contributed by atoms with Crippen molar-refractivity contribution in [2.24, 2.45) is 0 Å². The highest BCUT2D eigenvalue weighted by Gasteiger charge is 2.27. The number of rotatable bonds is 2. The van der Waals surface area contributed by atoms with E-state index in [9.17, 15) is 0 Å². The van der Waals surface area contributed by atoms with E-state index in [1.165, 1.54) is 60.2 Å². The van der Waals surface area contributed by atoms with Gasteiger partial charge in [-0.15, -0.1) is 0 Å². The van der Waals surface area contributed by atoms with Crippen LogP contribution in [-0.2, 0) is 0 Å². The molecule has 0 amide bonds. The second kappa shape index (κ2) is 7.24. The fraction of sp³-hybridized carbons (Fsp3) is 0. The first-order valence-electron chi connectivity index (χ1n) is 13.0. The van der Waals surface area contributed by atoms with Gasteiger partial charge in [-0.1, -0.05) is 91.0 Å². The zero-order valence-corrected chi connectivity index (χ0v) is 20.5. The van der Waals surface area contributed by atoms with Crippen LogP contribution < -0.4 is 0 Å². The van der Waals surface area contributed by atoms with Gasteiger partial charge in [0.1, 0.15) is 11.3 Å². The molecule has 6 aromatic carbocycles. The van der Waals surface area contributed by atoms with Gasteiger partial charge in [-0.25, -0.2) is 0 Å². The van der Waals surface area contributed by atoms with Gasteiger partial charge in [-0.05, 0) is 58.5 Å². The van der Waals surface area contributed by atoms with Crippen molar-refractivity contribution >= 4 is 43.5 Å². The van der Waals surface area contributed by atoms with Gasteiger partial charge in [-0.3, -0.25) is 0 Å². The first kappa shape index (κ1) is 20.0. The summed E-state index contributed by atoms with van der Waals surface area (Å²) in [7, 11) is 0. The molecule has 1 aliphatic rings. The molecule has 1 aliphatic carbocycles. The van der Waals surface area contributed by atoms with Crippen molar-refractivity contribution in [3.63, 3.8) is 0 Å². The van der Waals surface area contributed by atoms with Crippen molar-refractivity contribution in [1.29, 1.82) is 0 Å². The molecule has 9 rings (SSSR count). The van der Waals surface area contributed by atoms with Crippen LogP contribution in [0.1, 0.15) is 0 Å². The SMILES string of the molecule is c1cc2c3c(cccc3c1)-c1c-2oc2cc(-c3ccc(-n4c5ccccc5c5ccccc54)cc3)ccc12. The van der Waals surface area contributed by atoms with Crippen molar-refractivity contribution in [2.45, 2.75) is 0 Å². The molecule has 2 heteroatoms. The molecule has 2 nitrogen and oxygen atoms in total. The van der Waals surface area contributed by atoms with Gasteiger partial charge in [0.05, 0.1) is 11.0 Å². The van der Waals surface area contributed by atoms with E-state index < -0.39 is 0 Å². The van der Waals surface area contributed by atoms with Gasteiger partial charge in [0.2, 0.25) is 0 Å². The molecule has 0 saturated carbocycles. The molecule has 176 valence electrons. The zero-order valence-electron chi connectivity index (χ0n) is 20.5. The monoisotopic (exact) mass is 483 g/mol. The zero-order chi connectivity index (χ0) is 24.8. The van der Waals surface area contributed by atoms with Crippen molar-refractivity contribution in [3.8, 4) is 39.3 Å². The number of nitrogens with zero attached hydrogens (tertiary/aromatic N) is 1. The van der Waals surface area contributed by atoms with Crippen LogP contribution in [0, 0.1) is 0 Å². The highest BCUT2D eigenvalue weighted by molar-refractivity contribution is 6.20. The Labute approximate surface area is 219 Å². The van der Waals surface area contributed by atoms with Gasteiger partial charge in [0, 0.05) is 38.4 Å². The Balaban J connectivity index is 1.16. The molecule has 0 bridgehead atoms. The largest absolute Gasteiger partial charge is 0.455 e. The Morgan fingerprint density at radius 1 is 0.500 bits per heavy atom. The van der Waals surface area contributed by atoms with E-state index in [-0.39, 0.29) is 0 Å². The summed E-state index contributed by atoms with van der Waals surface area (Å²) in [5.41, 5.74) is 10.6. The number of fused-ring (bicyclic) bond motifs is 8. The molecule has 0 saturated heterocycles. The van der Waals surface area contributed by atoms with Crippen LogP contribution in [0.2, 0.25) is 0 Å². The third-order valence-corrected chi connectivity index (χ3v) is 8.15. The number of aromatic nitrogens is 1. The molecule has 2 aromatic heterocycles. The van der Waals surface area contributed by atoms with E-state index in [2.05, 4.69) is 132 Å².